The highest BCUT2D eigenvalue weighted by atomic mass is 16.5. The number of hydrogen-bond acceptors (Lipinski definition) is 4. The Morgan fingerprint density at radius 3 is 2.04 bits per heavy atom. The van der Waals surface area contributed by atoms with Crippen molar-refractivity contribution in [3.05, 3.63) is 205 Å². The molecule has 5 nitrogen and oxygen atoms in total. The third-order valence-corrected chi connectivity index (χ3v) is 8.58. The first-order valence-electron chi connectivity index (χ1n) is 18.4. The van der Waals surface area contributed by atoms with Gasteiger partial charge in [-0.05, 0) is 73.9 Å². The van der Waals surface area contributed by atoms with Crippen LogP contribution in [0.25, 0.3) is 45.3 Å². The lowest BCUT2D eigenvalue weighted by molar-refractivity contribution is 0.417. The fourth-order valence-electron chi connectivity index (χ4n) is 6.16. The van der Waals surface area contributed by atoms with Crippen LogP contribution in [-0.4, -0.2) is 14.5 Å². The van der Waals surface area contributed by atoms with Crippen LogP contribution in [0.4, 0.5) is 0 Å². The van der Waals surface area contributed by atoms with Gasteiger partial charge < -0.3 is 14.0 Å². The van der Waals surface area contributed by atoms with Gasteiger partial charge in [0.05, 0.1) is 29.4 Å². The standard InChI is InChI=1S/C41H33N3O2.C6H6.C2H6/c1-3-4-8-14-30-19-21-34-35-27-39-40(46-24-12-6-5-11-23-45-39)28-38(35)44(37(34)22-20-30)33-18-13-17-32(26-33)41-42-29(2)25-36(43-41)31-15-9-7-10-16-31;1-2-4-6-5-3-1;1-2/h3-20,22-28H,21H2,1-2H3;1-6H;1-2H3/b4-3-,6-5-,14-8-,23-11+,24-12+;;. The number of aromatic nitrogens is 3. The van der Waals surface area contributed by atoms with Gasteiger partial charge >= 0.3 is 0 Å². The molecular formula is C49H45N3O2. The van der Waals surface area contributed by atoms with Crippen molar-refractivity contribution in [3.8, 4) is 39.8 Å². The van der Waals surface area contributed by atoms with Crippen LogP contribution in [0.2, 0.25) is 0 Å². The van der Waals surface area contributed by atoms with Crippen molar-refractivity contribution < 1.29 is 9.47 Å². The van der Waals surface area contributed by atoms with Crippen LogP contribution in [0, 0.1) is 6.92 Å². The first-order chi connectivity index (χ1) is 26.7. The summed E-state index contributed by atoms with van der Waals surface area (Å²) in [6.45, 7) is 8.03. The fraction of sp³-hybridized carbons (Fsp3) is 0.102. The molecule has 268 valence electrons. The van der Waals surface area contributed by atoms with E-state index in [1.165, 1.54) is 5.56 Å². The van der Waals surface area contributed by atoms with Crippen molar-refractivity contribution in [3.63, 3.8) is 0 Å². The van der Waals surface area contributed by atoms with Gasteiger partial charge in [-0.2, -0.15) is 0 Å². The Kier molecular flexibility index (Phi) is 12.8. The summed E-state index contributed by atoms with van der Waals surface area (Å²) in [6, 6.07) is 36.9. The highest BCUT2D eigenvalue weighted by molar-refractivity contribution is 5.93. The molecule has 1 aliphatic carbocycles. The van der Waals surface area contributed by atoms with E-state index in [0.717, 1.165) is 56.8 Å². The molecule has 0 saturated carbocycles. The second kappa shape index (κ2) is 18.7. The fourth-order valence-corrected chi connectivity index (χ4v) is 6.16. The molecule has 4 aromatic carbocycles. The van der Waals surface area contributed by atoms with Crippen molar-refractivity contribution in [1.82, 2.24) is 14.5 Å². The maximum atomic E-state index is 6.08. The van der Waals surface area contributed by atoms with Crippen molar-refractivity contribution in [2.75, 3.05) is 0 Å². The average Bonchev–Trinajstić information content (AvgIpc) is 3.37. The van der Waals surface area contributed by atoms with Gasteiger partial charge in [0.25, 0.3) is 0 Å². The highest BCUT2D eigenvalue weighted by Crippen LogP contribution is 2.41. The van der Waals surface area contributed by atoms with Crippen molar-refractivity contribution in [1.29, 1.82) is 0 Å². The average molecular weight is 708 g/mol. The summed E-state index contributed by atoms with van der Waals surface area (Å²) in [5.74, 6) is 1.98. The summed E-state index contributed by atoms with van der Waals surface area (Å²) in [5.41, 5.74) is 9.33. The van der Waals surface area contributed by atoms with E-state index in [-0.39, 0.29) is 0 Å². The molecule has 1 aliphatic heterocycles. The number of ether oxygens (including phenoxy) is 2. The van der Waals surface area contributed by atoms with Gasteiger partial charge in [0, 0.05) is 34.0 Å². The first-order valence-corrected chi connectivity index (χ1v) is 18.4. The molecule has 0 amide bonds. The number of fused-ring (bicyclic) bond motifs is 4. The SMILES string of the molecule is C/C=C\C=C/C1=CCc2c(n(-c3cccc(-c4nc(C)cc(-c5ccccc5)n4)c3)c3cc4c(cc23)O/C=C/C=C\C=C\O4)C=C1.CC.c1ccccc1. The van der Waals surface area contributed by atoms with Gasteiger partial charge in [-0.3, -0.25) is 0 Å². The highest BCUT2D eigenvalue weighted by Gasteiger charge is 2.21. The van der Waals surface area contributed by atoms with Crippen LogP contribution in [0.1, 0.15) is 37.7 Å². The molecule has 0 bridgehead atoms. The lowest BCUT2D eigenvalue weighted by Crippen LogP contribution is -2.00. The van der Waals surface area contributed by atoms with Gasteiger partial charge in [-0.25, -0.2) is 9.97 Å². The summed E-state index contributed by atoms with van der Waals surface area (Å²) < 4.78 is 14.4. The molecule has 3 heterocycles. The molecule has 0 radical (unpaired) electrons. The summed E-state index contributed by atoms with van der Waals surface area (Å²) in [5, 5.41) is 1.10. The zero-order valence-corrected chi connectivity index (χ0v) is 31.3. The number of hydrogen-bond donors (Lipinski definition) is 0. The number of aryl methyl sites for hydroxylation is 1. The summed E-state index contributed by atoms with van der Waals surface area (Å²) in [7, 11) is 0. The maximum Gasteiger partial charge on any atom is 0.171 e. The van der Waals surface area contributed by atoms with Crippen LogP contribution in [0.15, 0.2) is 188 Å². The quantitative estimate of drug-likeness (QED) is 0.167. The minimum Gasteiger partial charge on any atom is -0.461 e. The van der Waals surface area contributed by atoms with Crippen LogP contribution in [0.5, 0.6) is 11.5 Å². The molecule has 0 fully saturated rings. The zero-order valence-electron chi connectivity index (χ0n) is 31.3. The van der Waals surface area contributed by atoms with E-state index in [4.69, 9.17) is 19.4 Å². The molecule has 2 aliphatic rings. The third kappa shape index (κ3) is 9.01. The largest absolute Gasteiger partial charge is 0.461 e. The molecule has 0 N–H and O–H groups in total. The van der Waals surface area contributed by atoms with Crippen LogP contribution in [0.3, 0.4) is 0 Å². The van der Waals surface area contributed by atoms with Gasteiger partial charge in [0.15, 0.2) is 17.3 Å². The van der Waals surface area contributed by atoms with E-state index >= 15 is 0 Å². The minimum atomic E-state index is 0.637. The van der Waals surface area contributed by atoms with Gasteiger partial charge in [0.2, 0.25) is 0 Å². The molecule has 2 aromatic heterocycles. The lowest BCUT2D eigenvalue weighted by Gasteiger charge is -2.13. The van der Waals surface area contributed by atoms with E-state index < -0.39 is 0 Å². The molecule has 0 saturated heterocycles. The Hall–Kier alpha value is -6.72. The van der Waals surface area contributed by atoms with E-state index in [2.05, 4.69) is 83.5 Å². The normalized spacial score (nSPS) is 14.9. The second-order valence-electron chi connectivity index (χ2n) is 12.2. The van der Waals surface area contributed by atoms with Crippen LogP contribution in [-0.2, 0) is 6.42 Å². The van der Waals surface area contributed by atoms with Crippen LogP contribution >= 0.6 is 0 Å². The van der Waals surface area contributed by atoms with Gasteiger partial charge in [0.1, 0.15) is 0 Å². The molecule has 8 rings (SSSR count). The molecular weight excluding hydrogens is 663 g/mol. The predicted octanol–water partition coefficient (Wildman–Crippen LogP) is 12.8. The number of allylic oxidation sites excluding steroid dienone is 11. The Bertz CT molecular complexity index is 2360. The molecule has 6 aromatic rings. The Balaban J connectivity index is 0.000000560. The van der Waals surface area contributed by atoms with E-state index in [1.807, 2.05) is 125 Å². The number of nitrogens with zero attached hydrogens (tertiary/aromatic N) is 3. The van der Waals surface area contributed by atoms with Crippen molar-refractivity contribution in [2.45, 2.75) is 34.1 Å². The van der Waals surface area contributed by atoms with E-state index in [1.54, 1.807) is 12.5 Å². The number of rotatable bonds is 5. The second-order valence-corrected chi connectivity index (χ2v) is 12.2. The Morgan fingerprint density at radius 1 is 0.667 bits per heavy atom. The Morgan fingerprint density at radius 2 is 1.33 bits per heavy atom. The minimum absolute atomic E-state index is 0.637. The van der Waals surface area contributed by atoms with Crippen molar-refractivity contribution in [2.24, 2.45) is 0 Å². The van der Waals surface area contributed by atoms with Crippen molar-refractivity contribution >= 4 is 17.0 Å². The molecule has 0 spiro atoms. The topological polar surface area (TPSA) is 49.2 Å². The summed E-state index contributed by atoms with van der Waals surface area (Å²) >= 11 is 0. The molecule has 0 unspecified atom stereocenters. The Labute approximate surface area is 319 Å². The van der Waals surface area contributed by atoms with E-state index in [9.17, 15) is 0 Å². The summed E-state index contributed by atoms with van der Waals surface area (Å²) in [4.78, 5) is 9.83. The van der Waals surface area contributed by atoms with Crippen LogP contribution < -0.4 is 9.47 Å². The number of benzene rings is 4. The van der Waals surface area contributed by atoms with Gasteiger partial charge in [-0.1, -0.05) is 141 Å². The smallest absolute Gasteiger partial charge is 0.171 e. The van der Waals surface area contributed by atoms with E-state index in [0.29, 0.717) is 17.3 Å². The van der Waals surface area contributed by atoms with Gasteiger partial charge in [-0.15, -0.1) is 0 Å². The monoisotopic (exact) mass is 707 g/mol. The maximum absolute atomic E-state index is 6.08. The molecule has 0 atom stereocenters. The third-order valence-electron chi connectivity index (χ3n) is 8.58. The summed E-state index contributed by atoms with van der Waals surface area (Å²) in [6.07, 6.45) is 26.6. The molecule has 5 heteroatoms. The lowest BCUT2D eigenvalue weighted by atomic mass is 10.1. The molecule has 54 heavy (non-hydrogen) atoms. The predicted molar refractivity (Wildman–Crippen MR) is 226 cm³/mol. The first kappa shape index (κ1) is 37.1. The zero-order chi connectivity index (χ0) is 37.5.